The first-order valence-corrected chi connectivity index (χ1v) is 14.5. The van der Waals surface area contributed by atoms with Crippen LogP contribution in [0, 0.1) is 5.92 Å². The van der Waals surface area contributed by atoms with E-state index in [1.807, 2.05) is 36.4 Å². The van der Waals surface area contributed by atoms with Gasteiger partial charge < -0.3 is 19.7 Å². The highest BCUT2D eigenvalue weighted by Gasteiger charge is 2.28. The Kier molecular flexibility index (Phi) is 8.92. The molecule has 0 unspecified atom stereocenters. The lowest BCUT2D eigenvalue weighted by Gasteiger charge is -2.36. The molecule has 1 aliphatic rings. The quantitative estimate of drug-likeness (QED) is 0.361. The van der Waals surface area contributed by atoms with Gasteiger partial charge in [-0.25, -0.2) is 4.98 Å². The fraction of sp³-hybridized carbons (Fsp3) is 0.355. The smallest absolute Gasteiger partial charge is 0.284 e. The fourth-order valence-corrected chi connectivity index (χ4v) is 5.88. The molecule has 2 amide bonds. The summed E-state index contributed by atoms with van der Waals surface area (Å²) in [6, 6.07) is 16.9. The van der Waals surface area contributed by atoms with Gasteiger partial charge in [-0.2, -0.15) is 0 Å². The van der Waals surface area contributed by atoms with Gasteiger partial charge in [-0.1, -0.05) is 19.1 Å². The second-order valence-electron chi connectivity index (χ2n) is 10.5. The molecule has 0 aliphatic carbocycles. The average molecular weight is 574 g/mol. The van der Waals surface area contributed by atoms with Crippen LogP contribution in [0.3, 0.4) is 0 Å². The molecule has 2 aromatic carbocycles. The van der Waals surface area contributed by atoms with Crippen molar-refractivity contribution in [1.82, 2.24) is 19.8 Å². The van der Waals surface area contributed by atoms with Crippen LogP contribution in [0.5, 0.6) is 5.75 Å². The summed E-state index contributed by atoms with van der Waals surface area (Å²) in [5.74, 6) is 0.109. The van der Waals surface area contributed by atoms with E-state index >= 15 is 0 Å². The van der Waals surface area contributed by atoms with Gasteiger partial charge in [0.25, 0.3) is 11.8 Å². The Morgan fingerprint density at radius 2 is 1.90 bits per heavy atom. The number of rotatable bonds is 5. The molecule has 2 aromatic heterocycles. The molecule has 3 heterocycles. The molecule has 0 spiro atoms. The SMILES string of the molecule is CO[C@H]1CN(C)C(=O)c2ccc(NC(=O)c3nc4ccccc4s3)cc2OC[C@@H](C)N(Cc2ccncc2)C[C@H]1C. The van der Waals surface area contributed by atoms with Crippen LogP contribution in [0.15, 0.2) is 67.0 Å². The van der Waals surface area contributed by atoms with E-state index in [-0.39, 0.29) is 29.9 Å². The minimum Gasteiger partial charge on any atom is -0.491 e. The number of nitrogens with one attached hydrogen (secondary N) is 1. The Morgan fingerprint density at radius 1 is 1.12 bits per heavy atom. The number of fused-ring (bicyclic) bond motifs is 2. The summed E-state index contributed by atoms with van der Waals surface area (Å²) < 4.78 is 13.1. The molecule has 1 N–H and O–H groups in total. The number of nitrogens with zero attached hydrogens (tertiary/aromatic N) is 4. The third-order valence-corrected chi connectivity index (χ3v) is 8.49. The maximum absolute atomic E-state index is 13.5. The minimum atomic E-state index is -0.309. The number of hydrogen-bond donors (Lipinski definition) is 1. The van der Waals surface area contributed by atoms with Crippen LogP contribution in [-0.2, 0) is 11.3 Å². The number of carbonyl (C=O) groups is 2. The normalized spacial score (nSPS) is 20.5. The Hall–Kier alpha value is -3.86. The second kappa shape index (κ2) is 12.8. The van der Waals surface area contributed by atoms with E-state index in [1.165, 1.54) is 11.3 Å². The zero-order valence-corrected chi connectivity index (χ0v) is 24.6. The van der Waals surface area contributed by atoms with Gasteiger partial charge in [-0.05, 0) is 54.8 Å². The van der Waals surface area contributed by atoms with E-state index in [4.69, 9.17) is 9.47 Å². The van der Waals surface area contributed by atoms with Crippen molar-refractivity contribution in [3.63, 3.8) is 0 Å². The maximum atomic E-state index is 13.5. The van der Waals surface area contributed by atoms with Gasteiger partial charge in [0.1, 0.15) is 12.4 Å². The van der Waals surface area contributed by atoms with Gasteiger partial charge in [0.05, 0.1) is 21.9 Å². The predicted molar refractivity (Wildman–Crippen MR) is 161 cm³/mol. The van der Waals surface area contributed by atoms with E-state index in [1.54, 1.807) is 49.7 Å². The number of ether oxygens (including phenoxy) is 2. The molecule has 10 heteroatoms. The zero-order valence-electron chi connectivity index (χ0n) is 23.7. The number of amides is 2. The molecule has 0 saturated carbocycles. The number of likely N-dealkylation sites (N-methyl/N-ethyl adjacent to an activating group) is 1. The van der Waals surface area contributed by atoms with Gasteiger partial charge in [0.2, 0.25) is 0 Å². The number of anilines is 1. The summed E-state index contributed by atoms with van der Waals surface area (Å²) in [5.41, 5.74) is 2.90. The van der Waals surface area contributed by atoms with Gasteiger partial charge in [-0.15, -0.1) is 11.3 Å². The van der Waals surface area contributed by atoms with Crippen molar-refractivity contribution in [2.45, 2.75) is 32.5 Å². The van der Waals surface area contributed by atoms with Crippen molar-refractivity contribution in [2.24, 2.45) is 5.92 Å². The van der Waals surface area contributed by atoms with Crippen molar-refractivity contribution < 1.29 is 19.1 Å². The lowest BCUT2D eigenvalue weighted by atomic mass is 10.0. The van der Waals surface area contributed by atoms with Crippen molar-refractivity contribution >= 4 is 39.1 Å². The second-order valence-corrected chi connectivity index (χ2v) is 11.6. The lowest BCUT2D eigenvalue weighted by molar-refractivity contribution is 0.00921. The van der Waals surface area contributed by atoms with E-state index in [0.717, 1.165) is 28.9 Å². The van der Waals surface area contributed by atoms with Crippen LogP contribution in [0.25, 0.3) is 10.2 Å². The molecule has 4 aromatic rings. The number of para-hydroxylation sites is 1. The van der Waals surface area contributed by atoms with Crippen molar-refractivity contribution in [3.05, 3.63) is 83.1 Å². The summed E-state index contributed by atoms with van der Waals surface area (Å²) in [4.78, 5) is 39.2. The van der Waals surface area contributed by atoms with Crippen LogP contribution in [-0.4, -0.2) is 77.6 Å². The number of hydrogen-bond acceptors (Lipinski definition) is 8. The highest BCUT2D eigenvalue weighted by Crippen LogP contribution is 2.28. The maximum Gasteiger partial charge on any atom is 0.284 e. The first-order valence-electron chi connectivity index (χ1n) is 13.7. The van der Waals surface area contributed by atoms with E-state index in [0.29, 0.717) is 35.2 Å². The lowest BCUT2D eigenvalue weighted by Crippen LogP contribution is -2.46. The summed E-state index contributed by atoms with van der Waals surface area (Å²) in [6.45, 7) is 6.55. The van der Waals surface area contributed by atoms with E-state index < -0.39 is 0 Å². The van der Waals surface area contributed by atoms with Crippen molar-refractivity contribution in [3.8, 4) is 5.75 Å². The summed E-state index contributed by atoms with van der Waals surface area (Å²) >= 11 is 1.34. The molecule has 5 rings (SSSR count). The van der Waals surface area contributed by atoms with Crippen molar-refractivity contribution in [2.75, 3.05) is 39.2 Å². The Morgan fingerprint density at radius 3 is 2.66 bits per heavy atom. The molecule has 0 fully saturated rings. The highest BCUT2D eigenvalue weighted by molar-refractivity contribution is 7.20. The first kappa shape index (κ1) is 28.7. The molecule has 1 aliphatic heterocycles. The molecular weight excluding hydrogens is 538 g/mol. The predicted octanol–water partition coefficient (Wildman–Crippen LogP) is 4.95. The molecule has 0 bridgehead atoms. The van der Waals surface area contributed by atoms with Crippen LogP contribution in [0.2, 0.25) is 0 Å². The average Bonchev–Trinajstić information content (AvgIpc) is 3.43. The van der Waals surface area contributed by atoms with Gasteiger partial charge in [0, 0.05) is 64.0 Å². The standard InChI is InChI=1S/C31H35N5O4S/c1-20-16-36(17-22-11-13-32-14-12-22)21(2)19-40-26-15-23(9-10-24(26)31(38)35(3)18-27(20)39-4)33-29(37)30-34-25-7-5-6-8-28(25)41-30/h5-15,20-21,27H,16-19H2,1-4H3,(H,33,37)/t20-,21-,27+/m1/s1. The number of carbonyl (C=O) groups excluding carboxylic acids is 2. The molecule has 3 atom stereocenters. The Labute approximate surface area is 244 Å². The fourth-order valence-electron chi connectivity index (χ4n) is 5.02. The van der Waals surface area contributed by atoms with Crippen LogP contribution < -0.4 is 10.1 Å². The monoisotopic (exact) mass is 573 g/mol. The molecular formula is C31H35N5O4S. The van der Waals surface area contributed by atoms with E-state index in [9.17, 15) is 9.59 Å². The molecule has 0 radical (unpaired) electrons. The largest absolute Gasteiger partial charge is 0.491 e. The number of thiazole rings is 1. The first-order chi connectivity index (χ1) is 19.8. The molecule has 9 nitrogen and oxygen atoms in total. The van der Waals surface area contributed by atoms with Gasteiger partial charge in [0.15, 0.2) is 5.01 Å². The molecule has 0 saturated heterocycles. The zero-order chi connectivity index (χ0) is 28.9. The Balaban J connectivity index is 1.42. The summed E-state index contributed by atoms with van der Waals surface area (Å²) in [7, 11) is 3.47. The van der Waals surface area contributed by atoms with Gasteiger partial charge >= 0.3 is 0 Å². The van der Waals surface area contributed by atoms with Crippen LogP contribution in [0.4, 0.5) is 5.69 Å². The number of methoxy groups -OCH3 is 1. The van der Waals surface area contributed by atoms with Crippen LogP contribution in [0.1, 0.15) is 39.6 Å². The molecule has 41 heavy (non-hydrogen) atoms. The van der Waals surface area contributed by atoms with Crippen molar-refractivity contribution in [1.29, 1.82) is 0 Å². The third-order valence-electron chi connectivity index (χ3n) is 7.46. The number of benzene rings is 2. The summed E-state index contributed by atoms with van der Waals surface area (Å²) in [5, 5.41) is 3.30. The minimum absolute atomic E-state index is 0.0317. The topological polar surface area (TPSA) is 96.9 Å². The van der Waals surface area contributed by atoms with E-state index in [2.05, 4.69) is 34.0 Å². The molecule has 214 valence electrons. The number of aromatic nitrogens is 2. The highest BCUT2D eigenvalue weighted by atomic mass is 32.1. The number of pyridine rings is 1. The van der Waals surface area contributed by atoms with Gasteiger partial charge in [-0.3, -0.25) is 19.5 Å². The third kappa shape index (κ3) is 6.73. The summed E-state index contributed by atoms with van der Waals surface area (Å²) in [6.07, 6.45) is 3.46. The van der Waals surface area contributed by atoms with Crippen LogP contribution >= 0.6 is 11.3 Å². The Bertz CT molecular complexity index is 1480.